The molecular formula is C15H21NO4S. The Morgan fingerprint density at radius 2 is 2.00 bits per heavy atom. The summed E-state index contributed by atoms with van der Waals surface area (Å²) in [5.41, 5.74) is 0.570. The second-order valence-electron chi connectivity index (χ2n) is 5.62. The molecule has 0 unspecified atom stereocenters. The van der Waals surface area contributed by atoms with Crippen molar-refractivity contribution < 1.29 is 18.3 Å². The molecule has 116 valence electrons. The Kier molecular flexibility index (Phi) is 5.00. The van der Waals surface area contributed by atoms with Crippen LogP contribution in [0.15, 0.2) is 23.1 Å². The van der Waals surface area contributed by atoms with E-state index in [2.05, 4.69) is 4.72 Å². The van der Waals surface area contributed by atoms with Gasteiger partial charge in [0.1, 0.15) is 0 Å². The van der Waals surface area contributed by atoms with Crippen LogP contribution in [0.3, 0.4) is 0 Å². The van der Waals surface area contributed by atoms with Crippen molar-refractivity contribution in [2.45, 2.75) is 43.9 Å². The van der Waals surface area contributed by atoms with Crippen molar-refractivity contribution in [3.05, 3.63) is 29.3 Å². The van der Waals surface area contributed by atoms with Crippen LogP contribution in [0, 0.1) is 12.8 Å². The van der Waals surface area contributed by atoms with Crippen LogP contribution in [0.1, 0.15) is 48.0 Å². The fraction of sp³-hybridized carbons (Fsp3) is 0.533. The molecule has 0 heterocycles. The fourth-order valence-electron chi connectivity index (χ4n) is 2.78. The minimum absolute atomic E-state index is 0.0110. The first-order valence-electron chi connectivity index (χ1n) is 7.24. The van der Waals surface area contributed by atoms with E-state index in [-0.39, 0.29) is 10.5 Å². The van der Waals surface area contributed by atoms with E-state index in [1.54, 1.807) is 6.92 Å². The zero-order valence-electron chi connectivity index (χ0n) is 12.1. The third kappa shape index (κ3) is 4.04. The summed E-state index contributed by atoms with van der Waals surface area (Å²) in [6, 6.07) is 4.18. The van der Waals surface area contributed by atoms with Crippen molar-refractivity contribution in [1.82, 2.24) is 4.72 Å². The van der Waals surface area contributed by atoms with Crippen LogP contribution < -0.4 is 4.72 Å². The zero-order valence-corrected chi connectivity index (χ0v) is 12.9. The SMILES string of the molecule is Cc1ccc(S(=O)(=O)NCCC2CCCC2)cc1C(=O)O. The maximum absolute atomic E-state index is 12.2. The molecule has 1 aromatic rings. The summed E-state index contributed by atoms with van der Waals surface area (Å²) < 4.78 is 26.9. The van der Waals surface area contributed by atoms with Crippen LogP contribution in [0.4, 0.5) is 0 Å². The first-order chi connectivity index (χ1) is 9.90. The number of benzene rings is 1. The molecule has 5 nitrogen and oxygen atoms in total. The van der Waals surface area contributed by atoms with Crippen LogP contribution in [-0.4, -0.2) is 26.0 Å². The number of carbonyl (C=O) groups is 1. The lowest BCUT2D eigenvalue weighted by Crippen LogP contribution is -2.26. The minimum Gasteiger partial charge on any atom is -0.478 e. The van der Waals surface area contributed by atoms with Gasteiger partial charge in [0.15, 0.2) is 0 Å². The standard InChI is InChI=1S/C15H21NO4S/c1-11-6-7-13(10-14(11)15(17)18)21(19,20)16-9-8-12-4-2-3-5-12/h6-7,10,12,16H,2-5,8-9H2,1H3,(H,17,18). The number of aryl methyl sites for hydroxylation is 1. The smallest absolute Gasteiger partial charge is 0.335 e. The highest BCUT2D eigenvalue weighted by Crippen LogP contribution is 2.27. The molecule has 0 radical (unpaired) electrons. The lowest BCUT2D eigenvalue weighted by molar-refractivity contribution is 0.0696. The third-order valence-corrected chi connectivity index (χ3v) is 5.53. The summed E-state index contributed by atoms with van der Waals surface area (Å²) in [5.74, 6) is -0.504. The van der Waals surface area contributed by atoms with Gasteiger partial charge in [0.2, 0.25) is 10.0 Å². The van der Waals surface area contributed by atoms with E-state index in [1.807, 2.05) is 0 Å². The van der Waals surface area contributed by atoms with Gasteiger partial charge in [-0.05, 0) is 37.0 Å². The number of aromatic carboxylic acids is 1. The number of nitrogens with one attached hydrogen (secondary N) is 1. The zero-order chi connectivity index (χ0) is 15.5. The molecule has 0 amide bonds. The summed E-state index contributed by atoms with van der Waals surface area (Å²) in [4.78, 5) is 11.1. The highest BCUT2D eigenvalue weighted by Gasteiger charge is 2.19. The fourth-order valence-corrected chi connectivity index (χ4v) is 3.85. The van der Waals surface area contributed by atoms with Crippen LogP contribution in [0.25, 0.3) is 0 Å². The van der Waals surface area contributed by atoms with Crippen molar-refractivity contribution >= 4 is 16.0 Å². The van der Waals surface area contributed by atoms with Gasteiger partial charge in [0, 0.05) is 6.54 Å². The number of carboxylic acid groups (broad SMARTS) is 1. The van der Waals surface area contributed by atoms with Gasteiger partial charge in [-0.25, -0.2) is 17.9 Å². The topological polar surface area (TPSA) is 83.5 Å². The van der Waals surface area contributed by atoms with Crippen LogP contribution in [0.5, 0.6) is 0 Å². The second-order valence-corrected chi connectivity index (χ2v) is 7.39. The van der Waals surface area contributed by atoms with Gasteiger partial charge in [-0.3, -0.25) is 0 Å². The van der Waals surface area contributed by atoms with Crippen molar-refractivity contribution in [1.29, 1.82) is 0 Å². The highest BCUT2D eigenvalue weighted by atomic mass is 32.2. The van der Waals surface area contributed by atoms with E-state index in [4.69, 9.17) is 5.11 Å². The highest BCUT2D eigenvalue weighted by molar-refractivity contribution is 7.89. The Balaban J connectivity index is 2.04. The molecule has 1 aliphatic rings. The number of hydrogen-bond acceptors (Lipinski definition) is 3. The molecule has 0 atom stereocenters. The molecule has 0 aromatic heterocycles. The normalized spacial score (nSPS) is 16.2. The summed E-state index contributed by atoms with van der Waals surface area (Å²) in [6.07, 6.45) is 5.66. The predicted molar refractivity (Wildman–Crippen MR) is 79.9 cm³/mol. The average molecular weight is 311 g/mol. The maximum atomic E-state index is 12.2. The first-order valence-corrected chi connectivity index (χ1v) is 8.72. The van der Waals surface area contributed by atoms with E-state index >= 15 is 0 Å². The molecule has 0 aliphatic heterocycles. The summed E-state index contributed by atoms with van der Waals surface area (Å²) in [7, 11) is -3.64. The van der Waals surface area contributed by atoms with Crippen LogP contribution >= 0.6 is 0 Å². The molecule has 1 aliphatic carbocycles. The molecule has 21 heavy (non-hydrogen) atoms. The van der Waals surface area contributed by atoms with Crippen LogP contribution in [0.2, 0.25) is 0 Å². The van der Waals surface area contributed by atoms with E-state index in [1.165, 1.54) is 43.9 Å². The lowest BCUT2D eigenvalue weighted by Gasteiger charge is -2.11. The van der Waals surface area contributed by atoms with Crippen molar-refractivity contribution in [2.75, 3.05) is 6.54 Å². The molecule has 2 rings (SSSR count). The van der Waals surface area contributed by atoms with Crippen molar-refractivity contribution in [2.24, 2.45) is 5.92 Å². The number of rotatable bonds is 6. The molecular weight excluding hydrogens is 290 g/mol. The number of sulfonamides is 1. The van der Waals surface area contributed by atoms with Gasteiger partial charge in [-0.15, -0.1) is 0 Å². The molecule has 0 spiro atoms. The lowest BCUT2D eigenvalue weighted by atomic mass is 10.1. The second kappa shape index (κ2) is 6.58. The van der Waals surface area contributed by atoms with Gasteiger partial charge >= 0.3 is 5.97 Å². The van der Waals surface area contributed by atoms with E-state index < -0.39 is 16.0 Å². The largest absolute Gasteiger partial charge is 0.478 e. The molecule has 1 aromatic carbocycles. The maximum Gasteiger partial charge on any atom is 0.335 e. The van der Waals surface area contributed by atoms with E-state index in [0.717, 1.165) is 6.42 Å². The average Bonchev–Trinajstić information content (AvgIpc) is 2.91. The Labute approximate surface area is 125 Å². The molecule has 0 saturated heterocycles. The molecule has 6 heteroatoms. The number of carboxylic acids is 1. The van der Waals surface area contributed by atoms with Gasteiger partial charge in [0.25, 0.3) is 0 Å². The monoisotopic (exact) mass is 311 g/mol. The molecule has 2 N–H and O–H groups in total. The van der Waals surface area contributed by atoms with E-state index in [0.29, 0.717) is 18.0 Å². The summed E-state index contributed by atoms with van der Waals surface area (Å²) in [5, 5.41) is 9.06. The Hall–Kier alpha value is -1.40. The van der Waals surface area contributed by atoms with Gasteiger partial charge in [-0.2, -0.15) is 0 Å². The quantitative estimate of drug-likeness (QED) is 0.845. The third-order valence-electron chi connectivity index (χ3n) is 4.07. The van der Waals surface area contributed by atoms with Crippen molar-refractivity contribution in [3.63, 3.8) is 0 Å². The van der Waals surface area contributed by atoms with Gasteiger partial charge in [-0.1, -0.05) is 31.7 Å². The minimum atomic E-state index is -3.64. The first kappa shape index (κ1) is 16.0. The van der Waals surface area contributed by atoms with E-state index in [9.17, 15) is 13.2 Å². The Morgan fingerprint density at radius 1 is 1.33 bits per heavy atom. The van der Waals surface area contributed by atoms with Crippen molar-refractivity contribution in [3.8, 4) is 0 Å². The Bertz CT molecular complexity index is 619. The molecule has 0 bridgehead atoms. The van der Waals surface area contributed by atoms with Gasteiger partial charge < -0.3 is 5.11 Å². The summed E-state index contributed by atoms with van der Waals surface area (Å²) >= 11 is 0. The predicted octanol–water partition coefficient (Wildman–Crippen LogP) is 2.55. The van der Waals surface area contributed by atoms with Crippen LogP contribution in [-0.2, 0) is 10.0 Å². The summed E-state index contributed by atoms with van der Waals surface area (Å²) in [6.45, 7) is 2.05. The Morgan fingerprint density at radius 3 is 2.62 bits per heavy atom. The molecule has 1 saturated carbocycles. The molecule has 1 fully saturated rings. The van der Waals surface area contributed by atoms with Gasteiger partial charge in [0.05, 0.1) is 10.5 Å². The number of hydrogen-bond donors (Lipinski definition) is 2.